The molecule has 0 saturated carbocycles. The first-order valence-electron chi connectivity index (χ1n) is 8.39. The Morgan fingerprint density at radius 2 is 1.92 bits per heavy atom. The highest BCUT2D eigenvalue weighted by Gasteiger charge is 2.29. The van der Waals surface area contributed by atoms with Crippen LogP contribution in [0.15, 0.2) is 36.4 Å². The van der Waals surface area contributed by atoms with Crippen molar-refractivity contribution in [2.24, 2.45) is 0 Å². The van der Waals surface area contributed by atoms with Gasteiger partial charge in [-0.2, -0.15) is 4.39 Å². The summed E-state index contributed by atoms with van der Waals surface area (Å²) < 4.78 is 32.9. The molecule has 5 heteroatoms. The van der Waals surface area contributed by atoms with Gasteiger partial charge in [0.15, 0.2) is 11.6 Å². The van der Waals surface area contributed by atoms with Gasteiger partial charge in [0.05, 0.1) is 12.7 Å². The summed E-state index contributed by atoms with van der Waals surface area (Å²) in [5.41, 5.74) is 2.15. The van der Waals surface area contributed by atoms with Gasteiger partial charge in [0.2, 0.25) is 5.82 Å². The predicted molar refractivity (Wildman–Crippen MR) is 92.0 cm³/mol. The van der Waals surface area contributed by atoms with Gasteiger partial charge in [-0.3, -0.25) is 4.79 Å². The second-order valence-electron chi connectivity index (χ2n) is 6.39. The number of halogens is 2. The first-order valence-corrected chi connectivity index (χ1v) is 8.39. The molecule has 0 radical (unpaired) electrons. The zero-order valence-electron chi connectivity index (χ0n) is 14.4. The number of benzene rings is 2. The number of hydrogen-bond donors (Lipinski definition) is 0. The molecule has 1 fully saturated rings. The highest BCUT2D eigenvalue weighted by molar-refractivity contribution is 5.94. The molecule has 132 valence electrons. The highest BCUT2D eigenvalue weighted by atomic mass is 19.2. The van der Waals surface area contributed by atoms with Crippen LogP contribution in [0.25, 0.3) is 0 Å². The molecule has 0 aromatic heterocycles. The number of methoxy groups -OCH3 is 1. The normalized spacial score (nSPS) is 17.4. The molecule has 1 aliphatic rings. The van der Waals surface area contributed by atoms with Crippen LogP contribution in [0.1, 0.15) is 40.2 Å². The van der Waals surface area contributed by atoms with Crippen molar-refractivity contribution in [3.8, 4) is 5.75 Å². The van der Waals surface area contributed by atoms with Crippen LogP contribution < -0.4 is 4.74 Å². The molecule has 2 aromatic carbocycles. The largest absolute Gasteiger partial charge is 0.494 e. The number of piperidine rings is 1. The molecule has 0 unspecified atom stereocenters. The molecule has 2 aromatic rings. The topological polar surface area (TPSA) is 29.5 Å². The molecular weight excluding hydrogens is 324 g/mol. The predicted octanol–water partition coefficient (Wildman–Crippen LogP) is 4.30. The lowest BCUT2D eigenvalue weighted by Crippen LogP contribution is -2.39. The second-order valence-corrected chi connectivity index (χ2v) is 6.39. The van der Waals surface area contributed by atoms with Crippen LogP contribution in [0, 0.1) is 18.6 Å². The van der Waals surface area contributed by atoms with E-state index >= 15 is 0 Å². The van der Waals surface area contributed by atoms with E-state index in [1.165, 1.54) is 30.4 Å². The van der Waals surface area contributed by atoms with E-state index in [0.717, 1.165) is 12.8 Å². The van der Waals surface area contributed by atoms with Crippen molar-refractivity contribution in [3.63, 3.8) is 0 Å². The van der Waals surface area contributed by atoms with E-state index in [0.29, 0.717) is 13.1 Å². The van der Waals surface area contributed by atoms with Crippen molar-refractivity contribution in [2.75, 3.05) is 20.2 Å². The average Bonchev–Trinajstić information content (AvgIpc) is 2.64. The van der Waals surface area contributed by atoms with Crippen LogP contribution in [-0.4, -0.2) is 31.0 Å². The van der Waals surface area contributed by atoms with Crippen LogP contribution in [0.3, 0.4) is 0 Å². The van der Waals surface area contributed by atoms with Crippen LogP contribution in [0.2, 0.25) is 0 Å². The molecule has 0 N–H and O–H groups in total. The Hall–Kier alpha value is -2.43. The zero-order valence-corrected chi connectivity index (χ0v) is 14.4. The molecule has 1 amide bonds. The SMILES string of the molecule is COc1ccc(C(=O)N2CCC[C@H](c3ccccc3C)C2)c(F)c1F. The molecule has 1 heterocycles. The second kappa shape index (κ2) is 7.21. The minimum atomic E-state index is -1.15. The van der Waals surface area contributed by atoms with Gasteiger partial charge in [-0.15, -0.1) is 0 Å². The smallest absolute Gasteiger partial charge is 0.256 e. The van der Waals surface area contributed by atoms with Crippen molar-refractivity contribution in [3.05, 3.63) is 64.7 Å². The van der Waals surface area contributed by atoms with Crippen LogP contribution in [0.5, 0.6) is 5.75 Å². The number of carbonyl (C=O) groups is 1. The third-order valence-electron chi connectivity index (χ3n) is 4.83. The van der Waals surface area contributed by atoms with Gasteiger partial charge in [-0.1, -0.05) is 24.3 Å². The molecule has 1 aliphatic heterocycles. The van der Waals surface area contributed by atoms with Crippen LogP contribution >= 0.6 is 0 Å². The van der Waals surface area contributed by atoms with E-state index in [1.807, 2.05) is 12.1 Å². The number of amides is 1. The summed E-state index contributed by atoms with van der Waals surface area (Å²) in [6.07, 6.45) is 1.82. The molecule has 0 aliphatic carbocycles. The number of hydrogen-bond acceptors (Lipinski definition) is 2. The van der Waals surface area contributed by atoms with E-state index in [2.05, 4.69) is 19.1 Å². The van der Waals surface area contributed by atoms with Gasteiger partial charge in [0, 0.05) is 19.0 Å². The molecule has 0 spiro atoms. The minimum Gasteiger partial charge on any atom is -0.494 e. The maximum atomic E-state index is 14.2. The Kier molecular flexibility index (Phi) is 5.02. The van der Waals surface area contributed by atoms with Crippen molar-refractivity contribution in [2.45, 2.75) is 25.7 Å². The van der Waals surface area contributed by atoms with E-state index < -0.39 is 17.5 Å². The van der Waals surface area contributed by atoms with Crippen LogP contribution in [-0.2, 0) is 0 Å². The van der Waals surface area contributed by atoms with Gasteiger partial charge < -0.3 is 9.64 Å². The van der Waals surface area contributed by atoms with Gasteiger partial charge in [-0.25, -0.2) is 4.39 Å². The quantitative estimate of drug-likeness (QED) is 0.830. The maximum absolute atomic E-state index is 14.2. The van der Waals surface area contributed by atoms with E-state index in [-0.39, 0.29) is 17.2 Å². The summed E-state index contributed by atoms with van der Waals surface area (Å²) in [7, 11) is 1.26. The van der Waals surface area contributed by atoms with E-state index in [4.69, 9.17) is 4.74 Å². The molecular formula is C20H21F2NO2. The molecule has 3 nitrogen and oxygen atoms in total. The fourth-order valence-electron chi connectivity index (χ4n) is 3.49. The lowest BCUT2D eigenvalue weighted by molar-refractivity contribution is 0.0701. The maximum Gasteiger partial charge on any atom is 0.256 e. The van der Waals surface area contributed by atoms with Gasteiger partial charge >= 0.3 is 0 Å². The average molecular weight is 345 g/mol. The zero-order chi connectivity index (χ0) is 18.0. The van der Waals surface area contributed by atoms with E-state index in [9.17, 15) is 13.6 Å². The Balaban J connectivity index is 1.83. The number of nitrogens with zero attached hydrogens (tertiary/aromatic N) is 1. The number of carbonyl (C=O) groups excluding carboxylic acids is 1. The summed E-state index contributed by atoms with van der Waals surface area (Å²) in [6, 6.07) is 10.7. The van der Waals surface area contributed by atoms with Gasteiger partial charge in [-0.05, 0) is 43.0 Å². The van der Waals surface area contributed by atoms with Crippen molar-refractivity contribution >= 4 is 5.91 Å². The van der Waals surface area contributed by atoms with Crippen molar-refractivity contribution < 1.29 is 18.3 Å². The standard InChI is InChI=1S/C20H21F2NO2/c1-13-6-3-4-8-15(13)14-7-5-11-23(12-14)20(24)16-9-10-17(25-2)19(22)18(16)21/h3-4,6,8-10,14H,5,7,11-12H2,1-2H3/t14-/m0/s1. The minimum absolute atomic E-state index is 0.203. The van der Waals surface area contributed by atoms with Gasteiger partial charge in [0.1, 0.15) is 0 Å². The summed E-state index contributed by atoms with van der Waals surface area (Å²) in [5.74, 6) is -2.74. The summed E-state index contributed by atoms with van der Waals surface area (Å²) in [6.45, 7) is 3.11. The van der Waals surface area contributed by atoms with Gasteiger partial charge in [0.25, 0.3) is 5.91 Å². The first-order chi connectivity index (χ1) is 12.0. The lowest BCUT2D eigenvalue weighted by Gasteiger charge is -2.34. The summed E-state index contributed by atoms with van der Waals surface area (Å²) >= 11 is 0. The number of rotatable bonds is 3. The number of ether oxygens (including phenoxy) is 1. The summed E-state index contributed by atoms with van der Waals surface area (Å²) in [5, 5.41) is 0. The monoisotopic (exact) mass is 345 g/mol. The van der Waals surface area contributed by atoms with Crippen LogP contribution in [0.4, 0.5) is 8.78 Å². The number of aryl methyl sites for hydroxylation is 1. The van der Waals surface area contributed by atoms with E-state index in [1.54, 1.807) is 4.90 Å². The van der Waals surface area contributed by atoms with Crippen molar-refractivity contribution in [1.29, 1.82) is 0 Å². The molecule has 0 bridgehead atoms. The lowest BCUT2D eigenvalue weighted by atomic mass is 9.88. The molecule has 25 heavy (non-hydrogen) atoms. The summed E-state index contributed by atoms with van der Waals surface area (Å²) in [4.78, 5) is 14.3. The molecule has 1 atom stereocenters. The Bertz CT molecular complexity index is 791. The molecule has 3 rings (SSSR count). The van der Waals surface area contributed by atoms with Crippen molar-refractivity contribution in [1.82, 2.24) is 4.90 Å². The third kappa shape index (κ3) is 3.36. The first kappa shape index (κ1) is 17.4. The fraction of sp³-hybridized carbons (Fsp3) is 0.350. The fourth-order valence-corrected chi connectivity index (χ4v) is 3.49. The Morgan fingerprint density at radius 1 is 1.16 bits per heavy atom. The molecule has 1 saturated heterocycles. The number of likely N-dealkylation sites (tertiary alicyclic amines) is 1. The Labute approximate surface area is 146 Å². The highest BCUT2D eigenvalue weighted by Crippen LogP contribution is 2.31. The third-order valence-corrected chi connectivity index (χ3v) is 4.83. The Morgan fingerprint density at radius 3 is 2.64 bits per heavy atom.